The van der Waals surface area contributed by atoms with Crippen molar-refractivity contribution in [2.45, 2.75) is 25.6 Å². The van der Waals surface area contributed by atoms with E-state index < -0.39 is 12.8 Å². The summed E-state index contributed by atoms with van der Waals surface area (Å²) in [7, 11) is 0. The van der Waals surface area contributed by atoms with Gasteiger partial charge >= 0.3 is 6.61 Å². The third-order valence-corrected chi connectivity index (χ3v) is 4.67. The largest absolute Gasteiger partial charge is 0.435 e. The average molecular weight is 416 g/mol. The normalized spacial score (nSPS) is 14.7. The number of halogens is 3. The Morgan fingerprint density at radius 1 is 1.03 bits per heavy atom. The van der Waals surface area contributed by atoms with Crippen LogP contribution in [0.1, 0.15) is 12.8 Å². The van der Waals surface area contributed by atoms with Crippen LogP contribution < -0.4 is 15.0 Å². The number of piperidine rings is 1. The quantitative estimate of drug-likeness (QED) is 0.645. The minimum atomic E-state index is -2.87. The van der Waals surface area contributed by atoms with Gasteiger partial charge in [-0.1, -0.05) is 12.1 Å². The monoisotopic (exact) mass is 416 g/mol. The van der Waals surface area contributed by atoms with Crippen LogP contribution in [-0.4, -0.2) is 46.0 Å². The number of hydrogen-bond acceptors (Lipinski definition) is 7. The predicted molar refractivity (Wildman–Crippen MR) is 106 cm³/mol. The molecule has 1 fully saturated rings. The lowest BCUT2D eigenvalue weighted by atomic mass is 10.1. The number of alkyl halides is 3. The summed E-state index contributed by atoms with van der Waals surface area (Å²) in [6.45, 7) is -1.72. The highest BCUT2D eigenvalue weighted by atomic mass is 19.3. The zero-order valence-electron chi connectivity index (χ0n) is 15.9. The molecule has 0 saturated carbocycles. The van der Waals surface area contributed by atoms with Crippen LogP contribution >= 0.6 is 0 Å². The van der Waals surface area contributed by atoms with E-state index in [2.05, 4.69) is 30.2 Å². The van der Waals surface area contributed by atoms with E-state index in [1.54, 1.807) is 36.7 Å². The van der Waals surface area contributed by atoms with Gasteiger partial charge in [0.1, 0.15) is 17.7 Å². The molecule has 10 heteroatoms. The highest BCUT2D eigenvalue weighted by Gasteiger charge is 2.20. The van der Waals surface area contributed by atoms with Crippen LogP contribution in [0.2, 0.25) is 0 Å². The molecule has 4 rings (SSSR count). The molecule has 0 spiro atoms. The topological polar surface area (TPSA) is 76.1 Å². The molecule has 30 heavy (non-hydrogen) atoms. The average Bonchev–Trinajstić information content (AvgIpc) is 2.75. The first-order chi connectivity index (χ1) is 14.6. The van der Waals surface area contributed by atoms with Crippen molar-refractivity contribution in [2.24, 2.45) is 0 Å². The van der Waals surface area contributed by atoms with Crippen LogP contribution in [0, 0.1) is 0 Å². The van der Waals surface area contributed by atoms with Crippen molar-refractivity contribution in [1.82, 2.24) is 20.2 Å². The molecule has 1 N–H and O–H groups in total. The maximum absolute atomic E-state index is 13.4. The van der Waals surface area contributed by atoms with Crippen molar-refractivity contribution >= 4 is 17.6 Å². The van der Waals surface area contributed by atoms with Gasteiger partial charge in [-0.25, -0.2) is 9.37 Å². The SMILES string of the molecule is FC1CCN(c2nccc(Nc3cc(-c4ccc(OC(F)F)cc4)cnn3)n2)CC1. The summed E-state index contributed by atoms with van der Waals surface area (Å²) in [6.07, 6.45) is 3.37. The summed E-state index contributed by atoms with van der Waals surface area (Å²) in [6, 6.07) is 9.73. The molecule has 1 aliphatic rings. The molecule has 1 aromatic carbocycles. The van der Waals surface area contributed by atoms with Crippen molar-refractivity contribution < 1.29 is 17.9 Å². The van der Waals surface area contributed by atoms with E-state index in [0.29, 0.717) is 43.5 Å². The summed E-state index contributed by atoms with van der Waals surface area (Å²) in [5.41, 5.74) is 1.52. The van der Waals surface area contributed by atoms with Crippen molar-refractivity contribution in [3.05, 3.63) is 48.8 Å². The van der Waals surface area contributed by atoms with E-state index in [1.165, 1.54) is 12.1 Å². The standard InChI is InChI=1S/C20H19F3N6O/c21-15-6-9-29(10-7-15)20-24-8-5-17(27-20)26-18-11-14(12-25-28-18)13-1-3-16(4-2-13)30-19(22)23/h1-5,8,11-12,15,19H,6-7,9-10H2,(H,24,26,27,28). The molecule has 3 heterocycles. The fraction of sp³-hybridized carbons (Fsp3) is 0.300. The van der Waals surface area contributed by atoms with Gasteiger partial charge in [0.2, 0.25) is 5.95 Å². The highest BCUT2D eigenvalue weighted by molar-refractivity contribution is 5.67. The van der Waals surface area contributed by atoms with Gasteiger partial charge in [-0.15, -0.1) is 5.10 Å². The van der Waals surface area contributed by atoms with Gasteiger partial charge in [-0.3, -0.25) is 0 Å². The molecule has 1 saturated heterocycles. The van der Waals surface area contributed by atoms with Crippen LogP contribution in [0.4, 0.5) is 30.8 Å². The smallest absolute Gasteiger partial charge is 0.387 e. The lowest BCUT2D eigenvalue weighted by Gasteiger charge is -2.28. The Hall–Kier alpha value is -3.43. The van der Waals surface area contributed by atoms with Gasteiger partial charge in [0.05, 0.1) is 6.20 Å². The number of nitrogens with zero attached hydrogens (tertiary/aromatic N) is 5. The zero-order valence-corrected chi connectivity index (χ0v) is 15.9. The minimum absolute atomic E-state index is 0.0828. The second-order valence-electron chi connectivity index (χ2n) is 6.76. The second kappa shape index (κ2) is 8.93. The van der Waals surface area contributed by atoms with Crippen LogP contribution in [0.5, 0.6) is 5.75 Å². The molecule has 0 bridgehead atoms. The summed E-state index contributed by atoms with van der Waals surface area (Å²) >= 11 is 0. The van der Waals surface area contributed by atoms with Crippen molar-refractivity contribution in [3.8, 4) is 16.9 Å². The first-order valence-electron chi connectivity index (χ1n) is 9.44. The number of hydrogen-bond donors (Lipinski definition) is 1. The number of anilines is 3. The molecule has 1 aliphatic heterocycles. The molecule has 0 radical (unpaired) electrons. The van der Waals surface area contributed by atoms with E-state index in [9.17, 15) is 13.2 Å². The molecule has 0 aliphatic carbocycles. The molecular formula is C20H19F3N6O. The van der Waals surface area contributed by atoms with Crippen LogP contribution in [0.15, 0.2) is 48.8 Å². The van der Waals surface area contributed by atoms with Gasteiger partial charge in [0.25, 0.3) is 0 Å². The van der Waals surface area contributed by atoms with Gasteiger partial charge in [0, 0.05) is 24.8 Å². The minimum Gasteiger partial charge on any atom is -0.435 e. The molecule has 0 unspecified atom stereocenters. The fourth-order valence-corrected chi connectivity index (χ4v) is 3.16. The Morgan fingerprint density at radius 2 is 1.80 bits per heavy atom. The number of nitrogens with one attached hydrogen (secondary N) is 1. The van der Waals surface area contributed by atoms with Crippen molar-refractivity contribution in [3.63, 3.8) is 0 Å². The summed E-state index contributed by atoms with van der Waals surface area (Å²) in [4.78, 5) is 10.7. The van der Waals surface area contributed by atoms with Gasteiger partial charge in [-0.2, -0.15) is 18.9 Å². The summed E-state index contributed by atoms with van der Waals surface area (Å²) < 4.78 is 42.3. The zero-order chi connectivity index (χ0) is 20.9. The number of benzene rings is 1. The van der Waals surface area contributed by atoms with Crippen LogP contribution in [0.25, 0.3) is 11.1 Å². The maximum Gasteiger partial charge on any atom is 0.387 e. The van der Waals surface area contributed by atoms with E-state index in [-0.39, 0.29) is 5.75 Å². The second-order valence-corrected chi connectivity index (χ2v) is 6.76. The molecule has 156 valence electrons. The number of aromatic nitrogens is 4. The van der Waals surface area contributed by atoms with E-state index >= 15 is 0 Å². The Bertz CT molecular complexity index is 980. The molecule has 3 aromatic rings. The molecule has 2 aromatic heterocycles. The van der Waals surface area contributed by atoms with E-state index in [4.69, 9.17) is 0 Å². The number of ether oxygens (including phenoxy) is 1. The van der Waals surface area contributed by atoms with Gasteiger partial charge in [-0.05, 0) is 42.7 Å². The van der Waals surface area contributed by atoms with Crippen LogP contribution in [-0.2, 0) is 0 Å². The number of rotatable bonds is 6. The molecular weight excluding hydrogens is 397 g/mol. The lowest BCUT2D eigenvalue weighted by molar-refractivity contribution is -0.0498. The Labute approximate surface area is 170 Å². The molecule has 7 nitrogen and oxygen atoms in total. The predicted octanol–water partition coefficient (Wildman–Crippen LogP) is 4.22. The maximum atomic E-state index is 13.4. The van der Waals surface area contributed by atoms with Crippen molar-refractivity contribution in [1.29, 1.82) is 0 Å². The third-order valence-electron chi connectivity index (χ3n) is 4.67. The highest BCUT2D eigenvalue weighted by Crippen LogP contribution is 2.25. The van der Waals surface area contributed by atoms with Gasteiger partial charge in [0.15, 0.2) is 5.82 Å². The molecule has 0 atom stereocenters. The summed E-state index contributed by atoms with van der Waals surface area (Å²) in [5, 5.41) is 11.1. The molecule has 0 amide bonds. The Kier molecular flexibility index (Phi) is 5.92. The fourth-order valence-electron chi connectivity index (χ4n) is 3.16. The van der Waals surface area contributed by atoms with E-state index in [1.807, 2.05) is 4.90 Å². The lowest BCUT2D eigenvalue weighted by Crippen LogP contribution is -2.35. The van der Waals surface area contributed by atoms with Crippen LogP contribution in [0.3, 0.4) is 0 Å². The van der Waals surface area contributed by atoms with Crippen molar-refractivity contribution in [2.75, 3.05) is 23.3 Å². The Morgan fingerprint density at radius 3 is 2.53 bits per heavy atom. The van der Waals surface area contributed by atoms with E-state index in [0.717, 1.165) is 11.1 Å². The Balaban J connectivity index is 1.47. The summed E-state index contributed by atoms with van der Waals surface area (Å²) in [5.74, 6) is 1.62. The van der Waals surface area contributed by atoms with Gasteiger partial charge < -0.3 is 15.0 Å². The first-order valence-corrected chi connectivity index (χ1v) is 9.44. The first kappa shape index (κ1) is 19.9. The third kappa shape index (κ3) is 4.94.